The molecular weight excluding hydrogens is 324 g/mol. The summed E-state index contributed by atoms with van der Waals surface area (Å²) >= 11 is 0. The average Bonchev–Trinajstić information content (AvgIpc) is 2.68. The number of amides is 1. The Morgan fingerprint density at radius 1 is 1.04 bits per heavy atom. The number of aromatic nitrogens is 1. The minimum Gasteiger partial charge on any atom is -0.364 e. The number of hydrogen-bond donors (Lipinski definition) is 2. The van der Waals surface area contributed by atoms with Crippen molar-refractivity contribution in [2.24, 2.45) is 5.73 Å². The summed E-state index contributed by atoms with van der Waals surface area (Å²) in [5.74, 6) is -0.474. The molecule has 1 aliphatic heterocycles. The highest BCUT2D eigenvalue weighted by Gasteiger charge is 2.22. The molecule has 1 fully saturated rings. The lowest BCUT2D eigenvalue weighted by Gasteiger charge is -2.29. The first-order chi connectivity index (χ1) is 12.7. The second-order valence-corrected chi connectivity index (χ2v) is 6.59. The number of fused-ring (bicyclic) bond motifs is 1. The van der Waals surface area contributed by atoms with Gasteiger partial charge in [0.15, 0.2) is 0 Å². The minimum absolute atomic E-state index is 0.376. The van der Waals surface area contributed by atoms with Crippen LogP contribution in [0.3, 0.4) is 0 Å². The number of rotatable bonds is 4. The summed E-state index contributed by atoms with van der Waals surface area (Å²) in [7, 11) is 0. The summed E-state index contributed by atoms with van der Waals surface area (Å²) in [5.41, 5.74) is 9.96. The molecule has 26 heavy (non-hydrogen) atoms. The van der Waals surface area contributed by atoms with Gasteiger partial charge in [0.2, 0.25) is 0 Å². The van der Waals surface area contributed by atoms with Crippen molar-refractivity contribution < 1.29 is 4.79 Å². The van der Waals surface area contributed by atoms with E-state index < -0.39 is 5.91 Å². The number of pyridine rings is 1. The predicted molar refractivity (Wildman–Crippen MR) is 104 cm³/mol. The van der Waals surface area contributed by atoms with Crippen LogP contribution in [0.15, 0.2) is 54.6 Å². The SMILES string of the molecule is NC(=O)c1nc2ccccc2c(-c2ccccc2)c1CN1CCNCC1. The molecule has 0 unspecified atom stereocenters. The fourth-order valence-corrected chi connectivity index (χ4v) is 3.64. The zero-order valence-corrected chi connectivity index (χ0v) is 14.6. The number of para-hydroxylation sites is 1. The van der Waals surface area contributed by atoms with Crippen molar-refractivity contribution in [3.05, 3.63) is 65.9 Å². The van der Waals surface area contributed by atoms with Crippen molar-refractivity contribution in [2.75, 3.05) is 26.2 Å². The molecule has 1 aliphatic rings. The third kappa shape index (κ3) is 3.19. The smallest absolute Gasteiger partial charge is 0.267 e. The van der Waals surface area contributed by atoms with E-state index in [0.29, 0.717) is 12.2 Å². The number of benzene rings is 2. The number of carbonyl (C=O) groups is 1. The zero-order valence-electron chi connectivity index (χ0n) is 14.6. The maximum Gasteiger partial charge on any atom is 0.267 e. The van der Waals surface area contributed by atoms with E-state index in [2.05, 4.69) is 33.4 Å². The third-order valence-corrected chi connectivity index (χ3v) is 4.88. The quantitative estimate of drug-likeness (QED) is 0.761. The Hall–Kier alpha value is -2.76. The Morgan fingerprint density at radius 3 is 2.46 bits per heavy atom. The standard InChI is InChI=1S/C21H22N4O/c22-21(26)20-17(14-25-12-10-23-11-13-25)19(15-6-2-1-3-7-15)16-8-4-5-9-18(16)24-20/h1-9,23H,10-14H2,(H2,22,26). The molecule has 3 aromatic rings. The number of hydrogen-bond acceptors (Lipinski definition) is 4. The van der Waals surface area contributed by atoms with Crippen molar-refractivity contribution in [1.82, 2.24) is 15.2 Å². The molecule has 132 valence electrons. The maximum atomic E-state index is 12.2. The van der Waals surface area contributed by atoms with Crippen molar-refractivity contribution in [3.8, 4) is 11.1 Å². The fourth-order valence-electron chi connectivity index (χ4n) is 3.64. The molecule has 0 saturated carbocycles. The topological polar surface area (TPSA) is 71.2 Å². The largest absolute Gasteiger partial charge is 0.364 e. The molecular formula is C21H22N4O. The highest BCUT2D eigenvalue weighted by Crippen LogP contribution is 2.34. The van der Waals surface area contributed by atoms with E-state index >= 15 is 0 Å². The predicted octanol–water partition coefficient (Wildman–Crippen LogP) is 2.41. The van der Waals surface area contributed by atoms with E-state index in [4.69, 9.17) is 5.73 Å². The van der Waals surface area contributed by atoms with E-state index in [-0.39, 0.29) is 0 Å². The van der Waals surface area contributed by atoms with E-state index in [9.17, 15) is 4.79 Å². The third-order valence-electron chi connectivity index (χ3n) is 4.88. The summed E-state index contributed by atoms with van der Waals surface area (Å²) in [4.78, 5) is 19.2. The molecule has 5 heteroatoms. The van der Waals surface area contributed by atoms with Gasteiger partial charge < -0.3 is 11.1 Å². The van der Waals surface area contributed by atoms with Crippen LogP contribution in [-0.2, 0) is 6.54 Å². The van der Waals surface area contributed by atoms with Gasteiger partial charge in [-0.2, -0.15) is 0 Å². The van der Waals surface area contributed by atoms with E-state index in [0.717, 1.165) is 53.8 Å². The fraction of sp³-hybridized carbons (Fsp3) is 0.238. The molecule has 1 saturated heterocycles. The maximum absolute atomic E-state index is 12.2. The molecule has 3 N–H and O–H groups in total. The Morgan fingerprint density at radius 2 is 1.73 bits per heavy atom. The molecule has 0 aliphatic carbocycles. The van der Waals surface area contributed by atoms with Crippen LogP contribution in [0.1, 0.15) is 16.1 Å². The summed E-state index contributed by atoms with van der Waals surface area (Å²) in [6.45, 7) is 4.46. The Labute approximate surface area is 152 Å². The van der Waals surface area contributed by atoms with E-state index in [1.165, 1.54) is 0 Å². The summed E-state index contributed by atoms with van der Waals surface area (Å²) in [5, 5.41) is 4.41. The lowest BCUT2D eigenvalue weighted by atomic mass is 9.93. The number of nitrogens with two attached hydrogens (primary N) is 1. The molecule has 1 amide bonds. The van der Waals surface area contributed by atoms with Crippen LogP contribution in [0.25, 0.3) is 22.0 Å². The monoisotopic (exact) mass is 346 g/mol. The van der Waals surface area contributed by atoms with Crippen LogP contribution in [0.5, 0.6) is 0 Å². The number of primary amides is 1. The second-order valence-electron chi connectivity index (χ2n) is 6.59. The van der Waals surface area contributed by atoms with Gasteiger partial charge in [-0.15, -0.1) is 0 Å². The Bertz CT molecular complexity index is 933. The van der Waals surface area contributed by atoms with Crippen molar-refractivity contribution in [3.63, 3.8) is 0 Å². The van der Waals surface area contributed by atoms with Crippen molar-refractivity contribution in [1.29, 1.82) is 0 Å². The highest BCUT2D eigenvalue weighted by molar-refractivity contribution is 6.03. The van der Waals surface area contributed by atoms with Crippen LogP contribution < -0.4 is 11.1 Å². The molecule has 1 aromatic heterocycles. The minimum atomic E-state index is -0.474. The first-order valence-electron chi connectivity index (χ1n) is 8.94. The molecule has 4 rings (SSSR count). The van der Waals surface area contributed by atoms with Gasteiger partial charge in [0.05, 0.1) is 5.52 Å². The van der Waals surface area contributed by atoms with Crippen LogP contribution in [0.2, 0.25) is 0 Å². The van der Waals surface area contributed by atoms with Gasteiger partial charge in [-0.05, 0) is 17.2 Å². The lowest BCUT2D eigenvalue weighted by molar-refractivity contribution is 0.0993. The molecule has 0 radical (unpaired) electrons. The van der Waals surface area contributed by atoms with Gasteiger partial charge >= 0.3 is 0 Å². The molecule has 0 bridgehead atoms. The first kappa shape index (κ1) is 16.7. The number of nitrogens with zero attached hydrogens (tertiary/aromatic N) is 2. The second kappa shape index (κ2) is 7.23. The van der Waals surface area contributed by atoms with Gasteiger partial charge in [0.25, 0.3) is 5.91 Å². The molecule has 2 heterocycles. The Balaban J connectivity index is 1.96. The van der Waals surface area contributed by atoms with Crippen LogP contribution in [0.4, 0.5) is 0 Å². The van der Waals surface area contributed by atoms with Gasteiger partial charge in [-0.1, -0.05) is 48.5 Å². The van der Waals surface area contributed by atoms with Gasteiger partial charge in [0, 0.05) is 43.7 Å². The first-order valence-corrected chi connectivity index (χ1v) is 8.94. The van der Waals surface area contributed by atoms with Gasteiger partial charge in [-0.3, -0.25) is 9.69 Å². The summed E-state index contributed by atoms with van der Waals surface area (Å²) in [6.07, 6.45) is 0. The normalized spacial score (nSPS) is 15.2. The van der Waals surface area contributed by atoms with E-state index in [1.54, 1.807) is 0 Å². The number of carbonyl (C=O) groups excluding carboxylic acids is 1. The number of piperazine rings is 1. The highest BCUT2D eigenvalue weighted by atomic mass is 16.1. The van der Waals surface area contributed by atoms with Crippen LogP contribution >= 0.6 is 0 Å². The Kier molecular flexibility index (Phi) is 4.65. The molecule has 0 atom stereocenters. The molecule has 5 nitrogen and oxygen atoms in total. The van der Waals surface area contributed by atoms with Crippen LogP contribution in [0, 0.1) is 0 Å². The van der Waals surface area contributed by atoms with Gasteiger partial charge in [-0.25, -0.2) is 4.98 Å². The number of nitrogens with one attached hydrogen (secondary N) is 1. The zero-order chi connectivity index (χ0) is 17.9. The van der Waals surface area contributed by atoms with Crippen molar-refractivity contribution in [2.45, 2.75) is 6.54 Å². The van der Waals surface area contributed by atoms with Crippen LogP contribution in [-0.4, -0.2) is 42.0 Å². The summed E-state index contributed by atoms with van der Waals surface area (Å²) < 4.78 is 0. The van der Waals surface area contributed by atoms with Crippen molar-refractivity contribution >= 4 is 16.8 Å². The summed E-state index contributed by atoms with van der Waals surface area (Å²) in [6, 6.07) is 18.1. The average molecular weight is 346 g/mol. The van der Waals surface area contributed by atoms with Gasteiger partial charge in [0.1, 0.15) is 5.69 Å². The molecule has 2 aromatic carbocycles. The lowest BCUT2D eigenvalue weighted by Crippen LogP contribution is -2.43. The molecule has 0 spiro atoms. The van der Waals surface area contributed by atoms with E-state index in [1.807, 2.05) is 36.4 Å².